The molecule has 3 aliphatic heterocycles. The third-order valence-corrected chi connectivity index (χ3v) is 11.1. The Bertz CT molecular complexity index is 1590. The van der Waals surface area contributed by atoms with E-state index in [1.807, 2.05) is 15.9 Å². The van der Waals surface area contributed by atoms with Crippen molar-refractivity contribution in [2.75, 3.05) is 32.8 Å². The summed E-state index contributed by atoms with van der Waals surface area (Å²) in [7, 11) is 0. The number of nitrogens with one attached hydrogen (secondary N) is 1. The number of aryl methyl sites for hydroxylation is 2. The summed E-state index contributed by atoms with van der Waals surface area (Å²) in [4.78, 5) is 28.9. The van der Waals surface area contributed by atoms with Gasteiger partial charge in [-0.2, -0.15) is 5.10 Å². The number of carbonyl (C=O) groups is 1. The largest absolute Gasteiger partial charge is 0.365 e. The second-order valence-corrected chi connectivity index (χ2v) is 13.4. The highest BCUT2D eigenvalue weighted by Crippen LogP contribution is 2.46. The van der Waals surface area contributed by atoms with Gasteiger partial charge in [-0.25, -0.2) is 9.50 Å². The van der Waals surface area contributed by atoms with Crippen LogP contribution in [0.3, 0.4) is 0 Å². The molecule has 7 heterocycles. The average molecular weight is 561 g/mol. The minimum Gasteiger partial charge on any atom is -0.365 e. The molecule has 9 heteroatoms. The SMILES string of the molecule is Cc1c(-c2[nH]c3sc(C4CCN(C(=O)[C@H]5CN6CCC[C@@H]6CO5)CC4)c(C)c3c2C(C)C)cn2ncnc2c1C. The van der Waals surface area contributed by atoms with Crippen molar-refractivity contribution in [1.29, 1.82) is 0 Å². The molecule has 0 aromatic carbocycles. The normalized spacial score (nSPS) is 22.7. The fourth-order valence-electron chi connectivity index (χ4n) is 7.41. The van der Waals surface area contributed by atoms with Crippen molar-refractivity contribution in [2.24, 2.45) is 0 Å². The van der Waals surface area contributed by atoms with Crippen LogP contribution in [0.1, 0.15) is 78.5 Å². The summed E-state index contributed by atoms with van der Waals surface area (Å²) >= 11 is 1.92. The number of thiophene rings is 1. The molecule has 1 N–H and O–H groups in total. The van der Waals surface area contributed by atoms with E-state index < -0.39 is 0 Å². The molecule has 212 valence electrons. The Labute approximate surface area is 239 Å². The third kappa shape index (κ3) is 4.11. The van der Waals surface area contributed by atoms with Crippen molar-refractivity contribution in [1.82, 2.24) is 29.4 Å². The van der Waals surface area contributed by atoms with Gasteiger partial charge in [-0.15, -0.1) is 11.3 Å². The maximum atomic E-state index is 13.3. The number of aromatic nitrogens is 4. The number of H-pyrrole nitrogens is 1. The van der Waals surface area contributed by atoms with Crippen molar-refractivity contribution in [3.63, 3.8) is 0 Å². The highest BCUT2D eigenvalue weighted by molar-refractivity contribution is 7.19. The first kappa shape index (κ1) is 26.2. The summed E-state index contributed by atoms with van der Waals surface area (Å²) in [6.07, 6.45) is 7.92. The summed E-state index contributed by atoms with van der Waals surface area (Å²) in [5.41, 5.74) is 8.52. The van der Waals surface area contributed by atoms with Gasteiger partial charge < -0.3 is 14.6 Å². The predicted molar refractivity (Wildman–Crippen MR) is 159 cm³/mol. The molecular formula is C31H40N6O2S. The van der Waals surface area contributed by atoms with Gasteiger partial charge in [-0.1, -0.05) is 13.8 Å². The molecule has 0 unspecified atom stereocenters. The Morgan fingerprint density at radius 3 is 2.67 bits per heavy atom. The third-order valence-electron chi connectivity index (χ3n) is 9.78. The van der Waals surface area contributed by atoms with E-state index >= 15 is 0 Å². The molecule has 0 saturated carbocycles. The van der Waals surface area contributed by atoms with Crippen molar-refractivity contribution in [3.05, 3.63) is 39.7 Å². The van der Waals surface area contributed by atoms with Crippen LogP contribution in [0.15, 0.2) is 12.5 Å². The Morgan fingerprint density at radius 2 is 1.90 bits per heavy atom. The van der Waals surface area contributed by atoms with E-state index in [1.54, 1.807) is 6.33 Å². The Kier molecular flexibility index (Phi) is 6.52. The van der Waals surface area contributed by atoms with E-state index in [2.05, 4.69) is 65.7 Å². The molecule has 4 aromatic heterocycles. The number of piperidine rings is 1. The van der Waals surface area contributed by atoms with Crippen LogP contribution in [0.4, 0.5) is 0 Å². The molecule has 0 bridgehead atoms. The number of amides is 1. The predicted octanol–water partition coefficient (Wildman–Crippen LogP) is 5.56. The van der Waals surface area contributed by atoms with Crippen molar-refractivity contribution < 1.29 is 9.53 Å². The molecule has 0 aliphatic carbocycles. The second-order valence-electron chi connectivity index (χ2n) is 12.4. The first-order chi connectivity index (χ1) is 19.3. The molecule has 0 spiro atoms. The summed E-state index contributed by atoms with van der Waals surface area (Å²) in [6, 6.07) is 0.524. The molecule has 3 saturated heterocycles. The van der Waals surface area contributed by atoms with Gasteiger partial charge in [0.1, 0.15) is 17.3 Å². The lowest BCUT2D eigenvalue weighted by molar-refractivity contribution is -0.152. The van der Waals surface area contributed by atoms with Gasteiger partial charge in [0, 0.05) is 47.7 Å². The molecule has 2 atom stereocenters. The van der Waals surface area contributed by atoms with Crippen LogP contribution >= 0.6 is 11.3 Å². The highest BCUT2D eigenvalue weighted by Gasteiger charge is 2.38. The zero-order chi connectivity index (χ0) is 27.7. The number of hydrogen-bond donors (Lipinski definition) is 1. The lowest BCUT2D eigenvalue weighted by atomic mass is 9.89. The fourth-order valence-corrected chi connectivity index (χ4v) is 8.81. The van der Waals surface area contributed by atoms with Crippen LogP contribution < -0.4 is 0 Å². The number of morpholine rings is 1. The Hall–Kier alpha value is -2.75. The number of likely N-dealkylation sites (tertiary alicyclic amines) is 1. The molecule has 8 nitrogen and oxygen atoms in total. The molecule has 7 rings (SSSR count). The number of rotatable bonds is 4. The van der Waals surface area contributed by atoms with Crippen LogP contribution in [0.5, 0.6) is 0 Å². The highest BCUT2D eigenvalue weighted by atomic mass is 32.1. The number of pyridine rings is 1. The Morgan fingerprint density at radius 1 is 1.10 bits per heavy atom. The number of hydrogen-bond acceptors (Lipinski definition) is 6. The number of ether oxygens (including phenoxy) is 1. The second kappa shape index (κ2) is 9.96. The summed E-state index contributed by atoms with van der Waals surface area (Å²) in [6.45, 7) is 15.4. The summed E-state index contributed by atoms with van der Waals surface area (Å²) in [5.74, 6) is 1.06. The van der Waals surface area contributed by atoms with Gasteiger partial charge in [0.15, 0.2) is 5.65 Å². The van der Waals surface area contributed by atoms with Crippen molar-refractivity contribution >= 4 is 33.1 Å². The van der Waals surface area contributed by atoms with Crippen LogP contribution in [0.25, 0.3) is 27.1 Å². The quantitative estimate of drug-likeness (QED) is 0.354. The van der Waals surface area contributed by atoms with Gasteiger partial charge in [-0.05, 0) is 87.1 Å². The van der Waals surface area contributed by atoms with Crippen molar-refractivity contribution in [3.8, 4) is 11.3 Å². The maximum Gasteiger partial charge on any atom is 0.253 e. The fraction of sp³-hybridized carbons (Fsp3) is 0.581. The van der Waals surface area contributed by atoms with Gasteiger partial charge >= 0.3 is 0 Å². The van der Waals surface area contributed by atoms with Gasteiger partial charge in [0.25, 0.3) is 5.91 Å². The number of aromatic amines is 1. The van der Waals surface area contributed by atoms with E-state index in [0.29, 0.717) is 24.5 Å². The first-order valence-corrected chi connectivity index (χ1v) is 15.7. The smallest absolute Gasteiger partial charge is 0.253 e. The lowest BCUT2D eigenvalue weighted by Crippen LogP contribution is -2.54. The zero-order valence-corrected chi connectivity index (χ0v) is 25.1. The average Bonchev–Trinajstić information content (AvgIpc) is 3.74. The van der Waals surface area contributed by atoms with E-state index in [0.717, 1.165) is 44.7 Å². The number of fused-ring (bicyclic) bond motifs is 3. The van der Waals surface area contributed by atoms with Crippen LogP contribution in [0, 0.1) is 20.8 Å². The topological polar surface area (TPSA) is 78.8 Å². The van der Waals surface area contributed by atoms with Crippen LogP contribution in [-0.4, -0.2) is 80.2 Å². The van der Waals surface area contributed by atoms with Gasteiger partial charge in [-0.3, -0.25) is 9.69 Å². The minimum atomic E-state index is -0.289. The van der Waals surface area contributed by atoms with Gasteiger partial charge in [0.05, 0.1) is 12.3 Å². The molecule has 40 heavy (non-hydrogen) atoms. The van der Waals surface area contributed by atoms with Crippen LogP contribution in [0.2, 0.25) is 0 Å². The molecule has 3 aliphatic rings. The molecular weight excluding hydrogens is 520 g/mol. The van der Waals surface area contributed by atoms with E-state index in [9.17, 15) is 4.79 Å². The van der Waals surface area contributed by atoms with Crippen LogP contribution in [-0.2, 0) is 9.53 Å². The monoisotopic (exact) mass is 560 g/mol. The molecule has 4 aromatic rings. The summed E-state index contributed by atoms with van der Waals surface area (Å²) < 4.78 is 7.94. The first-order valence-electron chi connectivity index (χ1n) is 14.9. The molecule has 3 fully saturated rings. The van der Waals surface area contributed by atoms with E-state index in [-0.39, 0.29) is 12.0 Å². The number of carbonyl (C=O) groups excluding carboxylic acids is 1. The standard InChI is InChI=1S/C31H40N6O2S/c1-17(2)25-26-20(5)28(40-30(26)34-27(25)23-13-37-29(32-16-33-37)19(4)18(23)3)21-8-11-35(12-9-21)31(38)24-14-36-10-6-7-22(36)15-39-24/h13,16-17,21-22,24,34H,6-12,14-15H2,1-5H3/t22-,24-/m1/s1. The lowest BCUT2D eigenvalue weighted by Gasteiger charge is -2.38. The number of nitrogens with zero attached hydrogens (tertiary/aromatic N) is 5. The minimum absolute atomic E-state index is 0.195. The Balaban J connectivity index is 1.14. The van der Waals surface area contributed by atoms with Gasteiger partial charge in [0.2, 0.25) is 0 Å². The van der Waals surface area contributed by atoms with E-state index in [4.69, 9.17) is 4.74 Å². The maximum absolute atomic E-state index is 13.3. The zero-order valence-electron chi connectivity index (χ0n) is 24.3. The van der Waals surface area contributed by atoms with E-state index in [1.165, 1.54) is 61.4 Å². The molecule has 0 radical (unpaired) electrons. The van der Waals surface area contributed by atoms with Crippen molar-refractivity contribution in [2.45, 2.75) is 84.3 Å². The summed E-state index contributed by atoms with van der Waals surface area (Å²) in [5, 5.41) is 5.82. The molecule has 1 amide bonds.